The Balaban J connectivity index is 1.36. The minimum atomic E-state index is -1.17. The van der Waals surface area contributed by atoms with Crippen LogP contribution in [-0.2, 0) is 16.1 Å². The number of methoxy groups -OCH3 is 2. The SMILES string of the molecule is CCOc1cc([C@@H]2NC(=O)NC(C)=C2C(=O)OC)ccc1OC[C@H](O)N/N=C\c1ccc(OCc2ccc(Cl)cc2Cl)c(OC)c1. The number of aliphatic hydroxyl groups is 1. The van der Waals surface area contributed by atoms with Crippen LogP contribution in [0.2, 0.25) is 10.0 Å². The van der Waals surface area contributed by atoms with E-state index in [1.165, 1.54) is 20.4 Å². The van der Waals surface area contributed by atoms with Gasteiger partial charge in [-0.05, 0) is 67.4 Å². The predicted molar refractivity (Wildman–Crippen MR) is 173 cm³/mol. The summed E-state index contributed by atoms with van der Waals surface area (Å²) >= 11 is 12.2. The van der Waals surface area contributed by atoms with E-state index in [9.17, 15) is 14.7 Å². The number of nitrogens with one attached hydrogen (secondary N) is 3. The van der Waals surface area contributed by atoms with E-state index in [4.69, 9.17) is 46.9 Å². The minimum Gasteiger partial charge on any atom is -0.493 e. The molecule has 46 heavy (non-hydrogen) atoms. The molecule has 3 aromatic rings. The molecule has 1 aliphatic rings. The average Bonchev–Trinajstić information content (AvgIpc) is 3.03. The zero-order valence-corrected chi connectivity index (χ0v) is 27.1. The average molecular weight is 674 g/mol. The smallest absolute Gasteiger partial charge is 0.337 e. The van der Waals surface area contributed by atoms with Crippen molar-refractivity contribution in [1.29, 1.82) is 0 Å². The predicted octanol–water partition coefficient (Wildman–Crippen LogP) is 5.10. The topological polar surface area (TPSA) is 149 Å². The summed E-state index contributed by atoms with van der Waals surface area (Å²) in [6.07, 6.45) is 0.340. The summed E-state index contributed by atoms with van der Waals surface area (Å²) < 4.78 is 27.8. The second kappa shape index (κ2) is 16.1. The molecular weight excluding hydrogens is 639 g/mol. The van der Waals surface area contributed by atoms with Crippen LogP contribution in [0, 0.1) is 0 Å². The van der Waals surface area contributed by atoms with Gasteiger partial charge in [0.1, 0.15) is 13.2 Å². The molecule has 0 bridgehead atoms. The van der Waals surface area contributed by atoms with Crippen LogP contribution in [0.1, 0.15) is 36.6 Å². The fraction of sp³-hybridized carbons (Fsp3) is 0.281. The summed E-state index contributed by atoms with van der Waals surface area (Å²) in [7, 11) is 2.80. The van der Waals surface area contributed by atoms with Gasteiger partial charge in [-0.1, -0.05) is 35.3 Å². The van der Waals surface area contributed by atoms with E-state index >= 15 is 0 Å². The summed E-state index contributed by atoms with van der Waals surface area (Å²) in [6.45, 7) is 3.81. The molecule has 3 aromatic carbocycles. The number of aliphatic hydroxyl groups excluding tert-OH is 1. The molecular formula is C32H34Cl2N4O8. The Labute approximate surface area is 276 Å². The molecule has 0 saturated heterocycles. The van der Waals surface area contributed by atoms with Crippen molar-refractivity contribution >= 4 is 41.4 Å². The fourth-order valence-electron chi connectivity index (χ4n) is 4.50. The van der Waals surface area contributed by atoms with Gasteiger partial charge in [0.25, 0.3) is 0 Å². The highest BCUT2D eigenvalue weighted by Gasteiger charge is 2.32. The van der Waals surface area contributed by atoms with Crippen LogP contribution in [-0.4, -0.2) is 57.0 Å². The molecule has 0 spiro atoms. The number of hydrogen-bond donors (Lipinski definition) is 4. The Hall–Kier alpha value is -4.65. The minimum absolute atomic E-state index is 0.170. The quantitative estimate of drug-likeness (QED) is 0.0794. The van der Waals surface area contributed by atoms with Gasteiger partial charge < -0.3 is 39.4 Å². The maximum Gasteiger partial charge on any atom is 0.337 e. The van der Waals surface area contributed by atoms with Crippen molar-refractivity contribution in [3.63, 3.8) is 0 Å². The van der Waals surface area contributed by atoms with E-state index in [0.29, 0.717) is 56.5 Å². The van der Waals surface area contributed by atoms with E-state index in [1.54, 1.807) is 68.4 Å². The number of carbonyl (C=O) groups is 2. The van der Waals surface area contributed by atoms with Gasteiger partial charge in [-0.2, -0.15) is 5.10 Å². The third kappa shape index (κ3) is 8.75. The number of rotatable bonds is 14. The van der Waals surface area contributed by atoms with Crippen molar-refractivity contribution in [2.75, 3.05) is 27.4 Å². The molecule has 4 N–H and O–H groups in total. The number of urea groups is 1. The first-order valence-corrected chi connectivity index (χ1v) is 14.9. The lowest BCUT2D eigenvalue weighted by Crippen LogP contribution is -2.45. The van der Waals surface area contributed by atoms with Gasteiger partial charge in [0.2, 0.25) is 0 Å². The molecule has 2 atom stereocenters. The molecule has 2 amide bonds. The Morgan fingerprint density at radius 3 is 2.50 bits per heavy atom. The van der Waals surface area contributed by atoms with Crippen LogP contribution in [0.25, 0.3) is 0 Å². The van der Waals surface area contributed by atoms with Gasteiger partial charge >= 0.3 is 12.0 Å². The van der Waals surface area contributed by atoms with E-state index in [1.807, 2.05) is 0 Å². The molecule has 244 valence electrons. The Morgan fingerprint density at radius 2 is 1.78 bits per heavy atom. The van der Waals surface area contributed by atoms with Gasteiger partial charge in [0.15, 0.2) is 29.2 Å². The molecule has 12 nitrogen and oxygen atoms in total. The Bertz CT molecular complexity index is 1630. The van der Waals surface area contributed by atoms with Crippen LogP contribution in [0.5, 0.6) is 23.0 Å². The lowest BCUT2D eigenvalue weighted by Gasteiger charge is -2.28. The van der Waals surface area contributed by atoms with Gasteiger partial charge in [-0.25, -0.2) is 9.59 Å². The molecule has 1 heterocycles. The summed E-state index contributed by atoms with van der Waals surface area (Å²) in [5.41, 5.74) is 5.30. The number of allylic oxidation sites excluding steroid dienone is 1. The van der Waals surface area contributed by atoms with Gasteiger partial charge in [-0.15, -0.1) is 0 Å². The molecule has 0 unspecified atom stereocenters. The third-order valence-electron chi connectivity index (χ3n) is 6.70. The van der Waals surface area contributed by atoms with Crippen molar-refractivity contribution in [2.45, 2.75) is 32.7 Å². The Morgan fingerprint density at radius 1 is 1.02 bits per heavy atom. The number of carbonyl (C=O) groups excluding carboxylic acids is 2. The largest absolute Gasteiger partial charge is 0.493 e. The van der Waals surface area contributed by atoms with E-state index < -0.39 is 24.3 Å². The number of amides is 2. The van der Waals surface area contributed by atoms with Crippen LogP contribution in [0.3, 0.4) is 0 Å². The number of nitrogens with zero attached hydrogens (tertiary/aromatic N) is 1. The first kappa shape index (κ1) is 34.2. The number of esters is 1. The maximum atomic E-state index is 12.4. The van der Waals surface area contributed by atoms with Crippen LogP contribution >= 0.6 is 23.2 Å². The first-order valence-electron chi connectivity index (χ1n) is 14.1. The van der Waals surface area contributed by atoms with Crippen molar-refractivity contribution in [2.24, 2.45) is 5.10 Å². The van der Waals surface area contributed by atoms with Crippen LogP contribution < -0.4 is 35.0 Å². The summed E-state index contributed by atoms with van der Waals surface area (Å²) in [6, 6.07) is 14.2. The second-order valence-corrected chi connectivity index (χ2v) is 10.7. The van der Waals surface area contributed by atoms with Crippen molar-refractivity contribution < 1.29 is 38.4 Å². The number of ether oxygens (including phenoxy) is 5. The van der Waals surface area contributed by atoms with Crippen LogP contribution in [0.4, 0.5) is 4.79 Å². The first-order chi connectivity index (χ1) is 22.1. The van der Waals surface area contributed by atoms with Crippen molar-refractivity contribution in [1.82, 2.24) is 16.1 Å². The number of hydrazone groups is 1. The van der Waals surface area contributed by atoms with Gasteiger partial charge in [0.05, 0.1) is 38.7 Å². The Kier molecular flexibility index (Phi) is 12.0. The molecule has 14 heteroatoms. The third-order valence-corrected chi connectivity index (χ3v) is 7.28. The van der Waals surface area contributed by atoms with Crippen LogP contribution in [0.15, 0.2) is 71.0 Å². The summed E-state index contributed by atoms with van der Waals surface area (Å²) in [5.74, 6) is 1.12. The highest BCUT2D eigenvalue weighted by Crippen LogP contribution is 2.35. The second-order valence-electron chi connectivity index (χ2n) is 9.85. The standard InChI is InChI=1S/C32H34Cl2N4O8/c1-5-44-27-13-20(30-29(31(40)43-4)18(2)36-32(41)37-30)8-11-25(27)46-17-28(39)38-35-15-19-6-10-24(26(12-19)42-3)45-16-21-7-9-22(33)14-23(21)34/h6-15,28,30,38-39H,5,16-17H2,1-4H3,(H2,36,37,41)/b35-15-/t28-,30-/m0/s1. The van der Waals surface area contributed by atoms with Crippen molar-refractivity contribution in [3.8, 4) is 23.0 Å². The van der Waals surface area contributed by atoms with Crippen molar-refractivity contribution in [3.05, 3.63) is 92.6 Å². The lowest BCUT2D eigenvalue weighted by molar-refractivity contribution is -0.136. The number of hydrogen-bond acceptors (Lipinski definition) is 10. The monoisotopic (exact) mass is 672 g/mol. The molecule has 4 rings (SSSR count). The number of benzene rings is 3. The lowest BCUT2D eigenvalue weighted by atomic mass is 9.95. The molecule has 0 fully saturated rings. The number of halogens is 2. The van der Waals surface area contributed by atoms with E-state index in [0.717, 1.165) is 5.56 Å². The highest BCUT2D eigenvalue weighted by atomic mass is 35.5. The maximum absolute atomic E-state index is 12.4. The zero-order chi connectivity index (χ0) is 33.2. The van der Waals surface area contributed by atoms with Gasteiger partial charge in [-0.3, -0.25) is 5.43 Å². The molecule has 0 radical (unpaired) electrons. The zero-order valence-electron chi connectivity index (χ0n) is 25.6. The van der Waals surface area contributed by atoms with E-state index in [2.05, 4.69) is 21.2 Å². The molecule has 0 aliphatic carbocycles. The normalized spacial score (nSPS) is 15.1. The van der Waals surface area contributed by atoms with Gasteiger partial charge in [0, 0.05) is 21.3 Å². The summed E-state index contributed by atoms with van der Waals surface area (Å²) in [5, 5.41) is 20.9. The molecule has 0 aromatic heterocycles. The highest BCUT2D eigenvalue weighted by molar-refractivity contribution is 6.35. The summed E-state index contributed by atoms with van der Waals surface area (Å²) in [4.78, 5) is 24.6. The molecule has 0 saturated carbocycles. The fourth-order valence-corrected chi connectivity index (χ4v) is 4.96. The van der Waals surface area contributed by atoms with E-state index in [-0.39, 0.29) is 18.8 Å². The molecule has 1 aliphatic heterocycles.